The Hall–Kier alpha value is -2.76. The Morgan fingerprint density at radius 1 is 1.37 bits per heavy atom. The van der Waals surface area contributed by atoms with E-state index >= 15 is 0 Å². The van der Waals surface area contributed by atoms with Crippen molar-refractivity contribution in [3.8, 4) is 0 Å². The van der Waals surface area contributed by atoms with Crippen LogP contribution in [0.5, 0.6) is 0 Å². The van der Waals surface area contributed by atoms with Crippen molar-refractivity contribution in [2.75, 3.05) is 0 Å². The molecule has 0 radical (unpaired) electrons. The molecule has 0 N–H and O–H groups in total. The standard InChI is InChI=1S/C13H9N3O3/c1-8(17)19-15-12-13(18)14-11-10-5-3-2-4-9(10)6-7-16(11)12/h2-7H,1H3. The molecule has 19 heavy (non-hydrogen) atoms. The lowest BCUT2D eigenvalue weighted by molar-refractivity contribution is -0.141. The van der Waals surface area contributed by atoms with Gasteiger partial charge in [0.05, 0.1) is 0 Å². The van der Waals surface area contributed by atoms with Crippen molar-refractivity contribution in [1.29, 1.82) is 0 Å². The van der Waals surface area contributed by atoms with Crippen LogP contribution in [0.1, 0.15) is 18.1 Å². The Bertz CT molecular complexity index is 673. The van der Waals surface area contributed by atoms with Gasteiger partial charge >= 0.3 is 11.9 Å². The summed E-state index contributed by atoms with van der Waals surface area (Å²) in [6, 6.07) is 7.57. The summed E-state index contributed by atoms with van der Waals surface area (Å²) in [4.78, 5) is 32.5. The summed E-state index contributed by atoms with van der Waals surface area (Å²) in [7, 11) is 0. The summed E-state index contributed by atoms with van der Waals surface area (Å²) in [5.74, 6) is -0.641. The van der Waals surface area contributed by atoms with Crippen molar-refractivity contribution in [3.05, 3.63) is 41.6 Å². The van der Waals surface area contributed by atoms with Crippen LogP contribution in [0, 0.1) is 0 Å². The zero-order valence-electron chi connectivity index (χ0n) is 10.0. The molecule has 1 amide bonds. The molecular weight excluding hydrogens is 246 g/mol. The summed E-state index contributed by atoms with van der Waals surface area (Å²) in [6.07, 6.45) is 3.52. The number of benzene rings is 1. The Kier molecular flexibility index (Phi) is 2.49. The van der Waals surface area contributed by atoms with E-state index in [1.54, 1.807) is 6.20 Å². The van der Waals surface area contributed by atoms with Gasteiger partial charge in [0, 0.05) is 18.7 Å². The minimum Gasteiger partial charge on any atom is -0.316 e. The van der Waals surface area contributed by atoms with Crippen molar-refractivity contribution < 1.29 is 14.4 Å². The molecule has 6 heteroatoms. The fourth-order valence-electron chi connectivity index (χ4n) is 1.93. The summed E-state index contributed by atoms with van der Waals surface area (Å²) < 4.78 is 0. The van der Waals surface area contributed by atoms with Gasteiger partial charge in [-0.2, -0.15) is 4.99 Å². The van der Waals surface area contributed by atoms with Gasteiger partial charge in [0.25, 0.3) is 0 Å². The van der Waals surface area contributed by atoms with Crippen LogP contribution in [0.25, 0.3) is 6.08 Å². The SMILES string of the molecule is CC(=O)ON=C1C(=O)N=C2c3ccccc3C=CN12. The van der Waals surface area contributed by atoms with E-state index in [1.807, 2.05) is 30.3 Å². The van der Waals surface area contributed by atoms with Gasteiger partial charge in [-0.3, -0.25) is 9.69 Å². The first-order valence-electron chi connectivity index (χ1n) is 5.62. The molecule has 6 nitrogen and oxygen atoms in total. The number of hydrogen-bond donors (Lipinski definition) is 0. The first kappa shape index (κ1) is 11.3. The Morgan fingerprint density at radius 3 is 2.95 bits per heavy atom. The fourth-order valence-corrected chi connectivity index (χ4v) is 1.93. The van der Waals surface area contributed by atoms with E-state index in [0.29, 0.717) is 5.84 Å². The molecule has 0 spiro atoms. The number of carbonyl (C=O) groups is 2. The largest absolute Gasteiger partial charge is 0.332 e. The molecule has 0 bridgehead atoms. The maximum atomic E-state index is 11.8. The second-order valence-electron chi connectivity index (χ2n) is 4.01. The number of amides is 1. The average molecular weight is 255 g/mol. The fraction of sp³-hybridized carbons (Fsp3) is 0.0769. The molecule has 0 saturated heterocycles. The number of rotatable bonds is 1. The number of hydrogen-bond acceptors (Lipinski definition) is 4. The quantitative estimate of drug-likeness (QED) is 0.557. The molecule has 3 rings (SSSR count). The highest BCUT2D eigenvalue weighted by molar-refractivity contribution is 6.48. The first-order valence-corrected chi connectivity index (χ1v) is 5.62. The molecule has 0 unspecified atom stereocenters. The van der Waals surface area contributed by atoms with Crippen LogP contribution in [-0.2, 0) is 14.4 Å². The van der Waals surface area contributed by atoms with E-state index in [-0.39, 0.29) is 5.84 Å². The minimum atomic E-state index is -0.588. The summed E-state index contributed by atoms with van der Waals surface area (Å²) in [5, 5.41) is 3.54. The molecule has 0 atom stereocenters. The first-order chi connectivity index (χ1) is 9.16. The Morgan fingerprint density at radius 2 is 2.16 bits per heavy atom. The van der Waals surface area contributed by atoms with Gasteiger partial charge in [-0.05, 0) is 11.6 Å². The molecule has 2 heterocycles. The second kappa shape index (κ2) is 4.16. The van der Waals surface area contributed by atoms with Gasteiger partial charge < -0.3 is 4.84 Å². The van der Waals surface area contributed by atoms with Crippen molar-refractivity contribution in [1.82, 2.24) is 4.90 Å². The number of nitrogens with zero attached hydrogens (tertiary/aromatic N) is 3. The highest BCUT2D eigenvalue weighted by atomic mass is 16.7. The van der Waals surface area contributed by atoms with Gasteiger partial charge in [0.2, 0.25) is 5.84 Å². The van der Waals surface area contributed by atoms with E-state index in [9.17, 15) is 9.59 Å². The molecule has 0 aromatic heterocycles. The van der Waals surface area contributed by atoms with E-state index in [4.69, 9.17) is 0 Å². The van der Waals surface area contributed by atoms with Crippen LogP contribution in [0.3, 0.4) is 0 Å². The van der Waals surface area contributed by atoms with E-state index < -0.39 is 11.9 Å². The van der Waals surface area contributed by atoms with E-state index in [2.05, 4.69) is 15.0 Å². The zero-order valence-corrected chi connectivity index (χ0v) is 10.0. The number of aliphatic imine (C=N–C) groups is 1. The molecule has 0 saturated carbocycles. The third kappa shape index (κ3) is 1.83. The predicted octanol–water partition coefficient (Wildman–Crippen LogP) is 1.14. The van der Waals surface area contributed by atoms with Crippen LogP contribution in [0.4, 0.5) is 0 Å². The lowest BCUT2D eigenvalue weighted by Gasteiger charge is -2.20. The van der Waals surface area contributed by atoms with Crippen molar-refractivity contribution in [2.45, 2.75) is 6.92 Å². The molecule has 94 valence electrons. The molecule has 0 aliphatic carbocycles. The van der Waals surface area contributed by atoms with Gasteiger partial charge in [-0.25, -0.2) is 4.79 Å². The highest BCUT2D eigenvalue weighted by Crippen LogP contribution is 2.24. The third-order valence-corrected chi connectivity index (χ3v) is 2.72. The average Bonchev–Trinajstić information content (AvgIpc) is 2.72. The van der Waals surface area contributed by atoms with Crippen LogP contribution in [0.2, 0.25) is 0 Å². The van der Waals surface area contributed by atoms with Crippen LogP contribution < -0.4 is 0 Å². The molecule has 1 aromatic rings. The Balaban J connectivity index is 2.03. The maximum absolute atomic E-state index is 11.8. The normalized spacial score (nSPS) is 18.2. The third-order valence-electron chi connectivity index (χ3n) is 2.72. The lowest BCUT2D eigenvalue weighted by Crippen LogP contribution is -2.32. The maximum Gasteiger partial charge on any atom is 0.332 e. The molecule has 1 aromatic carbocycles. The molecule has 2 aliphatic heterocycles. The van der Waals surface area contributed by atoms with Crippen molar-refractivity contribution in [3.63, 3.8) is 0 Å². The molecule has 2 aliphatic rings. The smallest absolute Gasteiger partial charge is 0.316 e. The molecular formula is C13H9N3O3. The monoisotopic (exact) mass is 255 g/mol. The summed E-state index contributed by atoms with van der Waals surface area (Å²) in [6.45, 7) is 1.21. The van der Waals surface area contributed by atoms with Gasteiger partial charge in [-0.15, -0.1) is 0 Å². The summed E-state index contributed by atoms with van der Waals surface area (Å²) >= 11 is 0. The van der Waals surface area contributed by atoms with E-state index in [0.717, 1.165) is 11.1 Å². The van der Waals surface area contributed by atoms with Gasteiger partial charge in [0.15, 0.2) is 5.84 Å². The second-order valence-corrected chi connectivity index (χ2v) is 4.01. The number of fused-ring (bicyclic) bond motifs is 3. The number of oxime groups is 1. The molecule has 0 fully saturated rings. The topological polar surface area (TPSA) is 71.3 Å². The van der Waals surface area contributed by atoms with Crippen LogP contribution in [0.15, 0.2) is 40.6 Å². The number of amidine groups is 2. The minimum absolute atomic E-state index is 0.0176. The van der Waals surface area contributed by atoms with Crippen molar-refractivity contribution >= 4 is 29.6 Å². The summed E-state index contributed by atoms with van der Waals surface area (Å²) in [5.41, 5.74) is 1.81. The van der Waals surface area contributed by atoms with Crippen molar-refractivity contribution in [2.24, 2.45) is 10.1 Å². The zero-order chi connectivity index (χ0) is 13.4. The van der Waals surface area contributed by atoms with E-state index in [1.165, 1.54) is 11.8 Å². The number of carbonyl (C=O) groups excluding carboxylic acids is 2. The van der Waals surface area contributed by atoms with Crippen LogP contribution in [-0.4, -0.2) is 28.4 Å². The lowest BCUT2D eigenvalue weighted by atomic mass is 10.0. The van der Waals surface area contributed by atoms with Gasteiger partial charge in [-0.1, -0.05) is 29.4 Å². The van der Waals surface area contributed by atoms with Crippen LogP contribution >= 0.6 is 0 Å². The Labute approximate surface area is 108 Å². The predicted molar refractivity (Wildman–Crippen MR) is 68.1 cm³/mol. The van der Waals surface area contributed by atoms with Gasteiger partial charge in [0.1, 0.15) is 0 Å². The highest BCUT2D eigenvalue weighted by Gasteiger charge is 2.34.